The van der Waals surface area contributed by atoms with E-state index in [2.05, 4.69) is 6.07 Å². The number of ether oxygens (including phenoxy) is 2. The number of Topliss-reactive ketones (excluding diaryl/α,β-unsaturated/α-hetero) is 1. The van der Waals surface area contributed by atoms with E-state index in [1.807, 2.05) is 42.6 Å². The minimum absolute atomic E-state index is 0.0898. The molecule has 2 heterocycles. The zero-order valence-electron chi connectivity index (χ0n) is 18.5. The molecule has 6 nitrogen and oxygen atoms in total. The number of hydrogen-bond donors (Lipinski definition) is 1. The Labute approximate surface area is 196 Å². The van der Waals surface area contributed by atoms with Gasteiger partial charge in [-0.3, -0.25) is 9.59 Å². The molecule has 1 atom stereocenters. The summed E-state index contributed by atoms with van der Waals surface area (Å²) in [4.78, 5) is 27.9. The first-order valence-corrected chi connectivity index (χ1v) is 11.5. The highest BCUT2D eigenvalue weighted by atomic mass is 32.1. The third kappa shape index (κ3) is 4.84. The van der Waals surface area contributed by atoms with Gasteiger partial charge >= 0.3 is 0 Å². The van der Waals surface area contributed by atoms with E-state index in [1.54, 1.807) is 31.4 Å². The molecule has 0 aliphatic carbocycles. The van der Waals surface area contributed by atoms with Crippen LogP contribution in [0.2, 0.25) is 0 Å². The number of thiophene rings is 1. The van der Waals surface area contributed by atoms with Crippen LogP contribution in [-0.2, 0) is 20.9 Å². The molecule has 3 aromatic rings. The van der Waals surface area contributed by atoms with Crippen molar-refractivity contribution in [2.24, 2.45) is 0 Å². The van der Waals surface area contributed by atoms with Crippen molar-refractivity contribution in [1.82, 2.24) is 4.90 Å². The zero-order valence-corrected chi connectivity index (χ0v) is 19.3. The Bertz CT molecular complexity index is 1170. The molecule has 1 saturated heterocycles. The number of carbonyl (C=O) groups excluding carboxylic acids is 2. The smallest absolute Gasteiger partial charge is 0.295 e. The Hall–Kier alpha value is -3.42. The fourth-order valence-corrected chi connectivity index (χ4v) is 4.72. The third-order valence-electron chi connectivity index (χ3n) is 5.50. The summed E-state index contributed by atoms with van der Waals surface area (Å²) in [5.41, 5.74) is 2.77. The lowest BCUT2D eigenvalue weighted by molar-refractivity contribution is -0.140. The van der Waals surface area contributed by atoms with E-state index in [4.69, 9.17) is 9.47 Å². The second-order valence-corrected chi connectivity index (χ2v) is 8.78. The number of aliphatic hydroxyl groups excluding tert-OH is 1. The van der Waals surface area contributed by atoms with Crippen molar-refractivity contribution in [3.05, 3.63) is 93.2 Å². The molecule has 1 aliphatic rings. The first-order chi connectivity index (χ1) is 16.0. The highest BCUT2D eigenvalue weighted by molar-refractivity contribution is 7.10. The van der Waals surface area contributed by atoms with Gasteiger partial charge in [-0.2, -0.15) is 0 Å². The zero-order chi connectivity index (χ0) is 23.4. The van der Waals surface area contributed by atoms with Crippen LogP contribution < -0.4 is 4.74 Å². The Kier molecular flexibility index (Phi) is 6.91. The van der Waals surface area contributed by atoms with Gasteiger partial charge in [0.05, 0.1) is 18.2 Å². The number of methoxy groups -OCH3 is 1. The van der Waals surface area contributed by atoms with E-state index in [1.165, 1.54) is 21.8 Å². The van der Waals surface area contributed by atoms with E-state index in [9.17, 15) is 14.7 Å². The lowest BCUT2D eigenvalue weighted by atomic mass is 10.00. The maximum absolute atomic E-state index is 12.9. The first-order valence-electron chi connectivity index (χ1n) is 10.6. The number of benzene rings is 2. The molecule has 33 heavy (non-hydrogen) atoms. The molecule has 1 amide bonds. The number of aliphatic hydroxyl groups is 1. The van der Waals surface area contributed by atoms with Gasteiger partial charge in [0.25, 0.3) is 11.7 Å². The summed E-state index contributed by atoms with van der Waals surface area (Å²) >= 11 is 1.43. The number of nitrogens with zero attached hydrogens (tertiary/aromatic N) is 1. The normalized spacial score (nSPS) is 17.5. The summed E-state index contributed by atoms with van der Waals surface area (Å²) < 4.78 is 11.0. The van der Waals surface area contributed by atoms with Crippen LogP contribution >= 0.6 is 11.3 Å². The SMILES string of the molecule is COCCN1C(=O)C(=O)/C(=C(/O)c2ccc(OCc3cccc(C)c3)cc2)[C@H]1c1cccs1. The van der Waals surface area contributed by atoms with Gasteiger partial charge in [-0.1, -0.05) is 35.9 Å². The first kappa shape index (κ1) is 22.8. The van der Waals surface area contributed by atoms with Crippen molar-refractivity contribution in [3.8, 4) is 5.75 Å². The monoisotopic (exact) mass is 463 g/mol. The van der Waals surface area contributed by atoms with Crippen molar-refractivity contribution < 1.29 is 24.2 Å². The molecule has 1 aromatic heterocycles. The molecule has 1 aliphatic heterocycles. The topological polar surface area (TPSA) is 76.1 Å². The lowest BCUT2D eigenvalue weighted by Gasteiger charge is -2.23. The van der Waals surface area contributed by atoms with Gasteiger partial charge in [0.2, 0.25) is 0 Å². The van der Waals surface area contributed by atoms with Crippen molar-refractivity contribution in [3.63, 3.8) is 0 Å². The molecule has 7 heteroatoms. The number of rotatable bonds is 8. The van der Waals surface area contributed by atoms with Crippen LogP contribution in [0.3, 0.4) is 0 Å². The molecule has 0 saturated carbocycles. The van der Waals surface area contributed by atoms with Gasteiger partial charge in [0.15, 0.2) is 0 Å². The van der Waals surface area contributed by atoms with E-state index in [0.29, 0.717) is 24.5 Å². The van der Waals surface area contributed by atoms with Gasteiger partial charge in [-0.25, -0.2) is 0 Å². The Morgan fingerprint density at radius 2 is 1.88 bits per heavy atom. The average molecular weight is 464 g/mol. The van der Waals surface area contributed by atoms with Crippen molar-refractivity contribution in [1.29, 1.82) is 0 Å². The third-order valence-corrected chi connectivity index (χ3v) is 6.43. The van der Waals surface area contributed by atoms with Crippen LogP contribution in [0.15, 0.2) is 71.6 Å². The predicted molar refractivity (Wildman–Crippen MR) is 127 cm³/mol. The van der Waals surface area contributed by atoms with E-state index < -0.39 is 17.7 Å². The fraction of sp³-hybridized carbons (Fsp3) is 0.231. The number of likely N-dealkylation sites (tertiary alicyclic amines) is 1. The van der Waals surface area contributed by atoms with E-state index >= 15 is 0 Å². The van der Waals surface area contributed by atoms with Crippen LogP contribution in [0.25, 0.3) is 5.76 Å². The van der Waals surface area contributed by atoms with Gasteiger partial charge in [-0.05, 0) is 48.2 Å². The molecule has 1 fully saturated rings. The second kappa shape index (κ2) is 10.0. The summed E-state index contributed by atoms with van der Waals surface area (Å²) in [5, 5.41) is 12.9. The van der Waals surface area contributed by atoms with Gasteiger partial charge in [0.1, 0.15) is 18.1 Å². The number of ketones is 1. The highest BCUT2D eigenvalue weighted by Gasteiger charge is 2.46. The summed E-state index contributed by atoms with van der Waals surface area (Å²) in [6.07, 6.45) is 0. The average Bonchev–Trinajstić information content (AvgIpc) is 3.43. The second-order valence-electron chi connectivity index (χ2n) is 7.80. The van der Waals surface area contributed by atoms with Crippen LogP contribution in [0, 0.1) is 6.92 Å². The van der Waals surface area contributed by atoms with Gasteiger partial charge in [0, 0.05) is 24.1 Å². The molecule has 170 valence electrons. The molecule has 4 rings (SSSR count). The molecular formula is C26H25NO5S. The highest BCUT2D eigenvalue weighted by Crippen LogP contribution is 2.41. The van der Waals surface area contributed by atoms with Gasteiger partial charge in [-0.15, -0.1) is 11.3 Å². The number of amides is 1. The fourth-order valence-electron chi connectivity index (χ4n) is 3.88. The van der Waals surface area contributed by atoms with Gasteiger partial charge < -0.3 is 19.5 Å². The van der Waals surface area contributed by atoms with Crippen molar-refractivity contribution in [2.75, 3.05) is 20.3 Å². The van der Waals surface area contributed by atoms with Crippen molar-refractivity contribution >= 4 is 28.8 Å². The van der Waals surface area contributed by atoms with Crippen LogP contribution in [-0.4, -0.2) is 42.0 Å². The number of carbonyl (C=O) groups is 2. The molecular weight excluding hydrogens is 438 g/mol. The summed E-state index contributed by atoms with van der Waals surface area (Å²) in [6.45, 7) is 3.01. The predicted octanol–water partition coefficient (Wildman–Crippen LogP) is 4.70. The number of aryl methyl sites for hydroxylation is 1. The maximum Gasteiger partial charge on any atom is 0.295 e. The summed E-state index contributed by atoms with van der Waals surface area (Å²) in [5.74, 6) is -0.882. The Morgan fingerprint density at radius 1 is 1.09 bits per heavy atom. The molecule has 0 spiro atoms. The quantitative estimate of drug-likeness (QED) is 0.298. The minimum Gasteiger partial charge on any atom is -0.507 e. The molecule has 0 unspecified atom stereocenters. The van der Waals surface area contributed by atoms with Crippen molar-refractivity contribution in [2.45, 2.75) is 19.6 Å². The minimum atomic E-state index is -0.693. The summed E-state index contributed by atoms with van der Waals surface area (Å²) in [7, 11) is 1.54. The molecule has 2 aromatic carbocycles. The standard InChI is InChI=1S/C26H25NO5S/c1-17-5-3-6-18(15-17)16-32-20-10-8-19(9-11-20)24(28)22-23(21-7-4-14-33-21)27(12-13-31-2)26(30)25(22)29/h3-11,14-15,23,28H,12-13,16H2,1-2H3/b24-22+/t23-/m1/s1. The molecule has 0 bridgehead atoms. The largest absolute Gasteiger partial charge is 0.507 e. The number of hydrogen-bond acceptors (Lipinski definition) is 6. The maximum atomic E-state index is 12.9. The van der Waals surface area contributed by atoms with E-state index in [-0.39, 0.29) is 17.9 Å². The van der Waals surface area contributed by atoms with Crippen LogP contribution in [0.5, 0.6) is 5.75 Å². The van der Waals surface area contributed by atoms with Crippen LogP contribution in [0.4, 0.5) is 0 Å². The summed E-state index contributed by atoms with van der Waals surface area (Å²) in [6, 6.07) is 18.0. The molecule has 0 radical (unpaired) electrons. The molecule has 1 N–H and O–H groups in total. The Balaban J connectivity index is 1.60. The van der Waals surface area contributed by atoms with Crippen LogP contribution in [0.1, 0.15) is 27.6 Å². The lowest BCUT2D eigenvalue weighted by Crippen LogP contribution is -2.32. The Morgan fingerprint density at radius 3 is 2.55 bits per heavy atom. The van der Waals surface area contributed by atoms with E-state index in [0.717, 1.165) is 10.4 Å².